The summed E-state index contributed by atoms with van der Waals surface area (Å²) in [5.74, 6) is -3.02. The summed E-state index contributed by atoms with van der Waals surface area (Å²) >= 11 is 0. The Morgan fingerprint density at radius 1 is 0.893 bits per heavy atom. The second kappa shape index (κ2) is 7.98. The van der Waals surface area contributed by atoms with Gasteiger partial charge in [-0.15, -0.1) is 0 Å². The van der Waals surface area contributed by atoms with Crippen LogP contribution < -0.4 is 10.4 Å². The maximum Gasteiger partial charge on any atom is 0.226 e. The highest BCUT2D eigenvalue weighted by Crippen LogP contribution is 2.39. The number of amides is 1. The Balaban J connectivity index is 1.43. The van der Waals surface area contributed by atoms with Gasteiger partial charge in [0.15, 0.2) is 0 Å². The quantitative estimate of drug-likeness (QED) is 0.746. The van der Waals surface area contributed by atoms with Crippen LogP contribution in [0.1, 0.15) is 23.5 Å². The van der Waals surface area contributed by atoms with Crippen molar-refractivity contribution in [2.24, 2.45) is 11.8 Å². The number of rotatable bonds is 7. The zero-order chi connectivity index (χ0) is 19.5. The van der Waals surface area contributed by atoms with Crippen molar-refractivity contribution < 1.29 is 19.4 Å². The van der Waals surface area contributed by atoms with E-state index in [2.05, 4.69) is 29.6 Å². The van der Waals surface area contributed by atoms with Gasteiger partial charge in [0, 0.05) is 24.3 Å². The molecule has 5 heteroatoms. The molecule has 28 heavy (non-hydrogen) atoms. The fourth-order valence-corrected chi connectivity index (χ4v) is 4.26. The van der Waals surface area contributed by atoms with Crippen molar-refractivity contribution in [3.8, 4) is 0 Å². The number of carbonyl (C=O) groups excluding carboxylic acids is 2. The van der Waals surface area contributed by atoms with E-state index in [0.717, 1.165) is 0 Å². The Labute approximate surface area is 164 Å². The van der Waals surface area contributed by atoms with E-state index in [1.165, 1.54) is 11.1 Å². The van der Waals surface area contributed by atoms with Crippen LogP contribution in [0.4, 0.5) is 0 Å². The molecule has 1 saturated heterocycles. The number of hydrogen-bond donors (Lipinski definition) is 1. The molecule has 144 valence electrons. The molecule has 5 nitrogen and oxygen atoms in total. The van der Waals surface area contributed by atoms with Crippen LogP contribution in [-0.2, 0) is 14.3 Å². The summed E-state index contributed by atoms with van der Waals surface area (Å²) in [5.41, 5.74) is 2.36. The van der Waals surface area contributed by atoms with Crippen LogP contribution in [0.3, 0.4) is 0 Å². The topological polar surface area (TPSA) is 78.5 Å². The molecule has 2 aromatic carbocycles. The zero-order valence-electron chi connectivity index (χ0n) is 15.4. The Morgan fingerprint density at radius 3 is 1.96 bits per heavy atom. The van der Waals surface area contributed by atoms with Gasteiger partial charge in [0.25, 0.3) is 0 Å². The number of carboxylic acids is 1. The summed E-state index contributed by atoms with van der Waals surface area (Å²) in [7, 11) is 0. The van der Waals surface area contributed by atoms with Crippen molar-refractivity contribution in [2.75, 3.05) is 6.54 Å². The average Bonchev–Trinajstić information content (AvgIpc) is 3.34. The number of nitrogens with one attached hydrogen (secondary N) is 1. The second-order valence-electron chi connectivity index (χ2n) is 7.27. The number of aliphatic carboxylic acids is 1. The third kappa shape index (κ3) is 3.58. The highest BCUT2D eigenvalue weighted by Gasteiger charge is 2.50. The Bertz CT molecular complexity index is 825. The van der Waals surface area contributed by atoms with E-state index < -0.39 is 30.0 Å². The molecule has 1 amide bonds. The molecule has 0 unspecified atom stereocenters. The van der Waals surface area contributed by atoms with E-state index in [4.69, 9.17) is 4.74 Å². The van der Waals surface area contributed by atoms with Gasteiger partial charge in [-0.3, -0.25) is 4.79 Å². The molecular formula is C23H22NO4-. The molecule has 0 aromatic heterocycles. The van der Waals surface area contributed by atoms with Crippen molar-refractivity contribution in [2.45, 2.75) is 24.5 Å². The lowest BCUT2D eigenvalue weighted by Gasteiger charge is -2.25. The lowest BCUT2D eigenvalue weighted by atomic mass is 9.82. The van der Waals surface area contributed by atoms with E-state index in [1.807, 2.05) is 36.4 Å². The van der Waals surface area contributed by atoms with Gasteiger partial charge in [0.2, 0.25) is 5.91 Å². The molecule has 0 aliphatic carbocycles. The summed E-state index contributed by atoms with van der Waals surface area (Å²) in [5, 5.41) is 14.4. The second-order valence-corrected chi connectivity index (χ2v) is 7.27. The molecule has 2 aliphatic heterocycles. The molecule has 0 spiro atoms. The monoisotopic (exact) mass is 376 g/mol. The lowest BCUT2D eigenvalue weighted by molar-refractivity contribution is -0.313. The van der Waals surface area contributed by atoms with Crippen LogP contribution in [-0.4, -0.2) is 30.6 Å². The van der Waals surface area contributed by atoms with Gasteiger partial charge in [0.1, 0.15) is 0 Å². The first-order chi connectivity index (χ1) is 13.6. The average molecular weight is 376 g/mol. The third-order valence-corrected chi connectivity index (χ3v) is 5.61. The van der Waals surface area contributed by atoms with Gasteiger partial charge in [-0.25, -0.2) is 0 Å². The number of carboxylic acid groups (broad SMARTS) is 1. The third-order valence-electron chi connectivity index (χ3n) is 5.61. The summed E-state index contributed by atoms with van der Waals surface area (Å²) in [6.07, 6.45) is 3.15. The number of carbonyl (C=O) groups is 2. The van der Waals surface area contributed by atoms with Crippen molar-refractivity contribution in [1.82, 2.24) is 5.32 Å². The zero-order valence-corrected chi connectivity index (χ0v) is 15.4. The van der Waals surface area contributed by atoms with Crippen LogP contribution >= 0.6 is 0 Å². The molecule has 2 aliphatic rings. The van der Waals surface area contributed by atoms with Crippen molar-refractivity contribution >= 4 is 11.9 Å². The summed E-state index contributed by atoms with van der Waals surface area (Å²) in [4.78, 5) is 24.1. The molecule has 1 fully saturated rings. The molecule has 1 N–H and O–H groups in total. The molecule has 0 saturated carbocycles. The van der Waals surface area contributed by atoms with Crippen molar-refractivity contribution in [3.63, 3.8) is 0 Å². The minimum absolute atomic E-state index is 0.149. The maximum atomic E-state index is 12.7. The molecular weight excluding hydrogens is 354 g/mol. The van der Waals surface area contributed by atoms with Crippen LogP contribution in [0.15, 0.2) is 72.8 Å². The normalized spacial score (nSPS) is 25.2. The SMILES string of the molecule is O=C(NCCC(c1ccccc1)c1ccccc1)[C@@H]1[C@@H](C(=O)[O-])[C@H]2C=C[C@@H]1O2. The minimum atomic E-state index is -1.23. The Kier molecular flexibility index (Phi) is 5.26. The van der Waals surface area contributed by atoms with Gasteiger partial charge >= 0.3 is 0 Å². The van der Waals surface area contributed by atoms with Crippen LogP contribution in [0.5, 0.6) is 0 Å². The first-order valence-electron chi connectivity index (χ1n) is 9.57. The van der Waals surface area contributed by atoms with Crippen LogP contribution in [0.2, 0.25) is 0 Å². The Morgan fingerprint density at radius 2 is 1.43 bits per heavy atom. The van der Waals surface area contributed by atoms with E-state index >= 15 is 0 Å². The summed E-state index contributed by atoms with van der Waals surface area (Å²) < 4.78 is 5.55. The van der Waals surface area contributed by atoms with Gasteiger partial charge in [0.05, 0.1) is 18.1 Å². The highest BCUT2D eigenvalue weighted by atomic mass is 16.5. The smallest absolute Gasteiger partial charge is 0.226 e. The number of ether oxygens (including phenoxy) is 1. The largest absolute Gasteiger partial charge is 0.550 e. The van der Waals surface area contributed by atoms with Crippen molar-refractivity contribution in [1.29, 1.82) is 0 Å². The minimum Gasteiger partial charge on any atom is -0.550 e. The molecule has 2 aromatic rings. The van der Waals surface area contributed by atoms with Gasteiger partial charge in [-0.2, -0.15) is 0 Å². The van der Waals surface area contributed by atoms with Gasteiger partial charge in [-0.1, -0.05) is 72.8 Å². The van der Waals surface area contributed by atoms with Crippen LogP contribution in [0.25, 0.3) is 0 Å². The predicted octanol–water partition coefficient (Wildman–Crippen LogP) is 1.64. The molecule has 2 heterocycles. The molecule has 0 radical (unpaired) electrons. The number of fused-ring (bicyclic) bond motifs is 2. The highest BCUT2D eigenvalue weighted by molar-refractivity contribution is 5.86. The van der Waals surface area contributed by atoms with E-state index in [9.17, 15) is 14.7 Å². The fraction of sp³-hybridized carbons (Fsp3) is 0.304. The Hall–Kier alpha value is -2.92. The number of hydrogen-bond acceptors (Lipinski definition) is 4. The lowest BCUT2D eigenvalue weighted by Crippen LogP contribution is -2.47. The van der Waals surface area contributed by atoms with E-state index in [1.54, 1.807) is 12.2 Å². The molecule has 4 rings (SSSR count). The summed E-state index contributed by atoms with van der Waals surface area (Å²) in [6.45, 7) is 0.449. The molecule has 2 bridgehead atoms. The first kappa shape index (κ1) is 18.4. The van der Waals surface area contributed by atoms with Gasteiger partial charge < -0.3 is 20.0 Å². The number of benzene rings is 2. The fourth-order valence-electron chi connectivity index (χ4n) is 4.26. The summed E-state index contributed by atoms with van der Waals surface area (Å²) in [6, 6.07) is 20.3. The van der Waals surface area contributed by atoms with Gasteiger partial charge in [-0.05, 0) is 17.5 Å². The van der Waals surface area contributed by atoms with Crippen molar-refractivity contribution in [3.05, 3.63) is 83.9 Å². The van der Waals surface area contributed by atoms with E-state index in [0.29, 0.717) is 13.0 Å². The van der Waals surface area contributed by atoms with Crippen LogP contribution in [0, 0.1) is 11.8 Å². The van der Waals surface area contributed by atoms with E-state index in [-0.39, 0.29) is 11.8 Å². The standard InChI is InChI=1S/C23H23NO4/c25-22(20-18-11-12-19(28-18)21(20)23(26)27)24-14-13-17(15-7-3-1-4-8-15)16-9-5-2-6-10-16/h1-12,17-21H,13-14H2,(H,24,25)(H,26,27)/p-1/t18-,19+,20-,21-/m0/s1. The maximum absolute atomic E-state index is 12.7. The first-order valence-corrected chi connectivity index (χ1v) is 9.57. The predicted molar refractivity (Wildman–Crippen MR) is 102 cm³/mol. The molecule has 4 atom stereocenters.